The highest BCUT2D eigenvalue weighted by Crippen LogP contribution is 2.29. The molecule has 0 fully saturated rings. The topological polar surface area (TPSA) is 0 Å². The molecule has 36 heavy (non-hydrogen) atoms. The van der Waals surface area contributed by atoms with Crippen LogP contribution in [-0.4, -0.2) is 0 Å². The Labute approximate surface area is 210 Å². The molecule has 186 valence electrons. The number of hydrogen-bond donors (Lipinski definition) is 0. The number of benzene rings is 4. The van der Waals surface area contributed by atoms with Gasteiger partial charge >= 0.3 is 6.18 Å². The van der Waals surface area contributed by atoms with Crippen molar-refractivity contribution in [1.29, 1.82) is 0 Å². The average Bonchev–Trinajstić information content (AvgIpc) is 2.88. The summed E-state index contributed by atoms with van der Waals surface area (Å²) in [5.74, 6) is -0.250. The molecule has 0 nitrogen and oxygen atoms in total. The van der Waals surface area contributed by atoms with Crippen LogP contribution in [0.2, 0.25) is 0 Å². The predicted molar refractivity (Wildman–Crippen MR) is 140 cm³/mol. The number of rotatable bonds is 9. The van der Waals surface area contributed by atoms with Crippen molar-refractivity contribution in [2.75, 3.05) is 0 Å². The Kier molecular flexibility index (Phi) is 8.25. The molecule has 0 N–H and O–H groups in total. The van der Waals surface area contributed by atoms with Crippen molar-refractivity contribution in [2.24, 2.45) is 0 Å². The summed E-state index contributed by atoms with van der Waals surface area (Å²) < 4.78 is 53.4. The zero-order chi connectivity index (χ0) is 25.5. The first-order valence-corrected chi connectivity index (χ1v) is 12.4. The lowest BCUT2D eigenvalue weighted by molar-refractivity contribution is -0.137. The lowest BCUT2D eigenvalue weighted by atomic mass is 9.97. The normalized spacial score (nSPS) is 12.0. The third-order valence-corrected chi connectivity index (χ3v) is 6.62. The van der Waals surface area contributed by atoms with E-state index in [2.05, 4.69) is 36.4 Å². The van der Waals surface area contributed by atoms with Crippen molar-refractivity contribution in [2.45, 2.75) is 51.6 Å². The van der Waals surface area contributed by atoms with E-state index in [1.54, 1.807) is 6.07 Å². The second-order valence-corrected chi connectivity index (χ2v) is 9.21. The molecule has 4 heteroatoms. The van der Waals surface area contributed by atoms with Crippen LogP contribution in [0, 0.1) is 5.82 Å². The van der Waals surface area contributed by atoms with Crippen LogP contribution < -0.4 is 0 Å². The minimum absolute atomic E-state index is 0.250. The van der Waals surface area contributed by atoms with Crippen LogP contribution in [0.5, 0.6) is 0 Å². The lowest BCUT2D eigenvalue weighted by Crippen LogP contribution is -2.04. The molecule has 4 aromatic rings. The van der Waals surface area contributed by atoms with Gasteiger partial charge in [0.15, 0.2) is 0 Å². The predicted octanol–water partition coefficient (Wildman–Crippen LogP) is 9.08. The maximum atomic E-state index is 15.2. The van der Waals surface area contributed by atoms with E-state index in [1.807, 2.05) is 31.2 Å². The fraction of sp³-hybridized carbons (Fsp3) is 0.250. The number of fused-ring (bicyclic) bond motifs is 1. The quantitative estimate of drug-likeness (QED) is 0.162. The standard InChI is InChI=1S/C32H30F4/c1-2-3-4-5-23-6-8-24(9-7-23)10-11-26-15-21-30-28(22-26)18-17-27(31(30)33)16-12-25-13-19-29(20-14-25)32(34,35)36/h2-3,6-9,13-15,17-22H,4-5,10-12,16H2,1H3/b3-2+. The Morgan fingerprint density at radius 3 is 1.83 bits per heavy atom. The van der Waals surface area contributed by atoms with Gasteiger partial charge in [-0.3, -0.25) is 0 Å². The van der Waals surface area contributed by atoms with E-state index in [-0.39, 0.29) is 5.82 Å². The van der Waals surface area contributed by atoms with E-state index in [0.717, 1.165) is 54.3 Å². The van der Waals surface area contributed by atoms with Crippen LogP contribution in [0.4, 0.5) is 17.6 Å². The van der Waals surface area contributed by atoms with E-state index in [4.69, 9.17) is 0 Å². The van der Waals surface area contributed by atoms with Gasteiger partial charge in [0.1, 0.15) is 5.82 Å². The first kappa shape index (κ1) is 25.7. The summed E-state index contributed by atoms with van der Waals surface area (Å²) in [4.78, 5) is 0. The molecular formula is C32H30F4. The van der Waals surface area contributed by atoms with E-state index in [0.29, 0.717) is 23.8 Å². The van der Waals surface area contributed by atoms with Crippen LogP contribution in [0.3, 0.4) is 0 Å². The largest absolute Gasteiger partial charge is 0.416 e. The molecule has 4 rings (SSSR count). The Hall–Kier alpha value is -3.40. The molecule has 0 aromatic heterocycles. The first-order valence-electron chi connectivity index (χ1n) is 12.4. The fourth-order valence-electron chi connectivity index (χ4n) is 4.45. The van der Waals surface area contributed by atoms with Crippen LogP contribution in [0.15, 0.2) is 91.0 Å². The molecule has 0 aliphatic rings. The van der Waals surface area contributed by atoms with E-state index < -0.39 is 11.7 Å². The average molecular weight is 491 g/mol. The molecule has 0 bridgehead atoms. The number of allylic oxidation sites excluding steroid dienone is 2. The zero-order valence-corrected chi connectivity index (χ0v) is 20.4. The Bertz CT molecular complexity index is 1310. The van der Waals surface area contributed by atoms with Crippen molar-refractivity contribution in [1.82, 2.24) is 0 Å². The molecule has 0 saturated heterocycles. The second kappa shape index (κ2) is 11.6. The third kappa shape index (κ3) is 6.63. The molecule has 0 aliphatic carbocycles. The van der Waals surface area contributed by atoms with Crippen molar-refractivity contribution in [3.8, 4) is 0 Å². The molecule has 0 aliphatic heterocycles. The number of alkyl halides is 3. The van der Waals surface area contributed by atoms with Crippen LogP contribution >= 0.6 is 0 Å². The maximum absolute atomic E-state index is 15.2. The van der Waals surface area contributed by atoms with E-state index >= 15 is 4.39 Å². The van der Waals surface area contributed by atoms with Gasteiger partial charge in [-0.25, -0.2) is 4.39 Å². The third-order valence-electron chi connectivity index (χ3n) is 6.62. The number of hydrogen-bond acceptors (Lipinski definition) is 0. The SMILES string of the molecule is C/C=C/CCc1ccc(CCc2ccc3c(F)c(CCc4ccc(C(F)(F)F)cc4)ccc3c2)cc1. The van der Waals surface area contributed by atoms with Crippen LogP contribution in [0.1, 0.15) is 46.7 Å². The number of aryl methyl sites for hydroxylation is 5. The molecule has 0 spiro atoms. The molecule has 0 radical (unpaired) electrons. The van der Waals surface area contributed by atoms with Gasteiger partial charge in [-0.1, -0.05) is 78.9 Å². The van der Waals surface area contributed by atoms with Crippen molar-refractivity contribution < 1.29 is 17.6 Å². The second-order valence-electron chi connectivity index (χ2n) is 9.21. The van der Waals surface area contributed by atoms with Gasteiger partial charge in [-0.05, 0) is 90.8 Å². The minimum Gasteiger partial charge on any atom is -0.206 e. The van der Waals surface area contributed by atoms with Crippen LogP contribution in [0.25, 0.3) is 10.8 Å². The summed E-state index contributed by atoms with van der Waals surface area (Å²) in [6.45, 7) is 2.04. The zero-order valence-electron chi connectivity index (χ0n) is 20.4. The van der Waals surface area contributed by atoms with Gasteiger partial charge in [0.2, 0.25) is 0 Å². The number of halogens is 4. The smallest absolute Gasteiger partial charge is 0.206 e. The molecule has 0 saturated carbocycles. The summed E-state index contributed by atoms with van der Waals surface area (Å²) >= 11 is 0. The Balaban J connectivity index is 1.37. The van der Waals surface area contributed by atoms with E-state index in [1.165, 1.54) is 23.3 Å². The summed E-state index contributed by atoms with van der Waals surface area (Å²) in [5.41, 5.74) is 4.45. The lowest BCUT2D eigenvalue weighted by Gasteiger charge is -2.10. The summed E-state index contributed by atoms with van der Waals surface area (Å²) in [7, 11) is 0. The highest BCUT2D eigenvalue weighted by atomic mass is 19.4. The molecule has 0 atom stereocenters. The molecule has 0 amide bonds. The molecule has 4 aromatic carbocycles. The Morgan fingerprint density at radius 1 is 0.639 bits per heavy atom. The van der Waals surface area contributed by atoms with Crippen LogP contribution in [-0.2, 0) is 38.3 Å². The van der Waals surface area contributed by atoms with Gasteiger partial charge in [0.25, 0.3) is 0 Å². The molecule has 0 unspecified atom stereocenters. The van der Waals surface area contributed by atoms with Gasteiger partial charge in [0, 0.05) is 5.39 Å². The monoisotopic (exact) mass is 490 g/mol. The van der Waals surface area contributed by atoms with Gasteiger partial charge in [0.05, 0.1) is 5.56 Å². The summed E-state index contributed by atoms with van der Waals surface area (Å²) in [6, 6.07) is 23.4. The highest BCUT2D eigenvalue weighted by molar-refractivity contribution is 5.84. The minimum atomic E-state index is -4.35. The first-order chi connectivity index (χ1) is 17.3. The van der Waals surface area contributed by atoms with Gasteiger partial charge < -0.3 is 0 Å². The summed E-state index contributed by atoms with van der Waals surface area (Å²) in [6.07, 6.45) is 4.73. The van der Waals surface area contributed by atoms with E-state index in [9.17, 15) is 13.2 Å². The molecule has 0 heterocycles. The highest BCUT2D eigenvalue weighted by Gasteiger charge is 2.29. The van der Waals surface area contributed by atoms with Crippen molar-refractivity contribution >= 4 is 10.8 Å². The molecular weight excluding hydrogens is 460 g/mol. The maximum Gasteiger partial charge on any atom is 0.416 e. The summed E-state index contributed by atoms with van der Waals surface area (Å²) in [5, 5.41) is 1.44. The van der Waals surface area contributed by atoms with Gasteiger partial charge in [-0.15, -0.1) is 0 Å². The Morgan fingerprint density at radius 2 is 1.19 bits per heavy atom. The van der Waals surface area contributed by atoms with Crippen molar-refractivity contribution in [3.63, 3.8) is 0 Å². The fourth-order valence-corrected chi connectivity index (χ4v) is 4.45. The van der Waals surface area contributed by atoms with Gasteiger partial charge in [-0.2, -0.15) is 13.2 Å². The van der Waals surface area contributed by atoms with Crippen molar-refractivity contribution in [3.05, 3.63) is 130 Å².